The third kappa shape index (κ3) is 4.40. The van der Waals surface area contributed by atoms with E-state index in [1.807, 2.05) is 23.9 Å². The third-order valence-electron chi connectivity index (χ3n) is 4.39. The lowest BCUT2D eigenvalue weighted by Gasteiger charge is -2.32. The number of ether oxygens (including phenoxy) is 4. The first-order valence-electron chi connectivity index (χ1n) is 9.07. The van der Waals surface area contributed by atoms with E-state index in [-0.39, 0.29) is 24.6 Å². The highest BCUT2D eigenvalue weighted by atomic mass is 16.5. The fourth-order valence-electron chi connectivity index (χ4n) is 2.95. The molecule has 0 atom stereocenters. The van der Waals surface area contributed by atoms with Gasteiger partial charge in [-0.3, -0.25) is 4.68 Å². The Bertz CT molecular complexity index is 920. The van der Waals surface area contributed by atoms with Gasteiger partial charge in [-0.1, -0.05) is 12.1 Å². The predicted molar refractivity (Wildman–Crippen MR) is 103 cm³/mol. The summed E-state index contributed by atoms with van der Waals surface area (Å²) in [6.07, 6.45) is 3.65. The summed E-state index contributed by atoms with van der Waals surface area (Å²) in [5, 5.41) is 4.23. The van der Waals surface area contributed by atoms with E-state index >= 15 is 0 Å². The van der Waals surface area contributed by atoms with Gasteiger partial charge in [0, 0.05) is 18.3 Å². The van der Waals surface area contributed by atoms with Crippen LogP contribution in [0.15, 0.2) is 47.9 Å². The Labute approximate surface area is 168 Å². The largest absolute Gasteiger partial charge is 0.487 e. The average Bonchev–Trinajstić information content (AvgIpc) is 3.24. The number of nitrogens with zero attached hydrogens (tertiary/aromatic N) is 3. The van der Waals surface area contributed by atoms with Gasteiger partial charge in [0.2, 0.25) is 0 Å². The molecule has 0 bridgehead atoms. The highest BCUT2D eigenvalue weighted by molar-refractivity contribution is 6.03. The minimum atomic E-state index is -0.660. The van der Waals surface area contributed by atoms with Crippen molar-refractivity contribution in [3.8, 4) is 5.75 Å². The highest BCUT2D eigenvalue weighted by Gasteiger charge is 2.33. The molecule has 1 aliphatic heterocycles. The van der Waals surface area contributed by atoms with E-state index in [1.54, 1.807) is 29.3 Å². The summed E-state index contributed by atoms with van der Waals surface area (Å²) in [6, 6.07) is 7.18. The molecule has 0 amide bonds. The number of para-hydroxylation sites is 2. The fraction of sp³-hybridized carbons (Fsp3) is 0.350. The van der Waals surface area contributed by atoms with Crippen molar-refractivity contribution in [2.75, 3.05) is 32.5 Å². The van der Waals surface area contributed by atoms with Crippen LogP contribution in [0.4, 0.5) is 5.69 Å². The standard InChI is InChI=1S/C20H23N3O6/c1-4-22-10-14(9-21-22)11-29-17-8-6-5-7-16(17)23-13-28-12-15(19(24)26-2)18(23)20(25)27-3/h5-10H,4,11-13H2,1-3H3. The second-order valence-corrected chi connectivity index (χ2v) is 6.18. The molecule has 0 fully saturated rings. The van der Waals surface area contributed by atoms with E-state index < -0.39 is 11.9 Å². The van der Waals surface area contributed by atoms with Crippen molar-refractivity contribution in [2.24, 2.45) is 0 Å². The molecule has 0 saturated carbocycles. The summed E-state index contributed by atoms with van der Waals surface area (Å²) in [4.78, 5) is 26.2. The fourth-order valence-corrected chi connectivity index (χ4v) is 2.95. The molecule has 0 aliphatic carbocycles. The number of carbonyl (C=O) groups is 2. The summed E-state index contributed by atoms with van der Waals surface area (Å²) < 4.78 is 23.0. The molecular weight excluding hydrogens is 378 g/mol. The van der Waals surface area contributed by atoms with Crippen molar-refractivity contribution in [2.45, 2.75) is 20.1 Å². The number of aryl methyl sites for hydroxylation is 1. The van der Waals surface area contributed by atoms with Crippen molar-refractivity contribution >= 4 is 17.6 Å². The van der Waals surface area contributed by atoms with Crippen LogP contribution in [-0.2, 0) is 37.0 Å². The molecule has 29 heavy (non-hydrogen) atoms. The Morgan fingerprint density at radius 1 is 1.17 bits per heavy atom. The van der Waals surface area contributed by atoms with Gasteiger partial charge in [0.05, 0.1) is 38.3 Å². The minimum absolute atomic E-state index is 0.0488. The number of hydrogen-bond donors (Lipinski definition) is 0. The quantitative estimate of drug-likeness (QED) is 0.650. The van der Waals surface area contributed by atoms with Gasteiger partial charge in [0.1, 0.15) is 24.8 Å². The Kier molecular flexibility index (Phi) is 6.50. The first-order chi connectivity index (χ1) is 14.1. The van der Waals surface area contributed by atoms with Crippen molar-refractivity contribution in [1.82, 2.24) is 9.78 Å². The van der Waals surface area contributed by atoms with Gasteiger partial charge in [-0.05, 0) is 19.1 Å². The Balaban J connectivity index is 1.94. The Hall–Kier alpha value is -3.33. The van der Waals surface area contributed by atoms with Gasteiger partial charge in [0.15, 0.2) is 0 Å². The SMILES string of the molecule is CCn1cc(COc2ccccc2N2COCC(C(=O)OC)=C2C(=O)OC)cn1. The molecule has 0 N–H and O–H groups in total. The molecule has 0 saturated heterocycles. The monoisotopic (exact) mass is 401 g/mol. The number of methoxy groups -OCH3 is 2. The van der Waals surface area contributed by atoms with Crippen LogP contribution in [0, 0.1) is 0 Å². The van der Waals surface area contributed by atoms with Gasteiger partial charge in [0.25, 0.3) is 0 Å². The molecule has 2 aromatic rings. The average molecular weight is 401 g/mol. The predicted octanol–water partition coefficient (Wildman–Crippen LogP) is 1.88. The normalized spacial score (nSPS) is 14.0. The van der Waals surface area contributed by atoms with Crippen molar-refractivity contribution in [3.05, 3.63) is 53.5 Å². The van der Waals surface area contributed by atoms with E-state index in [4.69, 9.17) is 18.9 Å². The van der Waals surface area contributed by atoms with Crippen LogP contribution < -0.4 is 9.64 Å². The second kappa shape index (κ2) is 9.24. The lowest BCUT2D eigenvalue weighted by molar-refractivity contribution is -0.140. The molecule has 1 aliphatic rings. The second-order valence-electron chi connectivity index (χ2n) is 6.18. The molecule has 0 radical (unpaired) electrons. The smallest absolute Gasteiger partial charge is 0.355 e. The lowest BCUT2D eigenvalue weighted by atomic mass is 10.1. The maximum Gasteiger partial charge on any atom is 0.355 e. The van der Waals surface area contributed by atoms with E-state index in [1.165, 1.54) is 14.2 Å². The van der Waals surface area contributed by atoms with Crippen LogP contribution in [0.2, 0.25) is 0 Å². The summed E-state index contributed by atoms with van der Waals surface area (Å²) >= 11 is 0. The number of carbonyl (C=O) groups excluding carboxylic acids is 2. The zero-order valence-corrected chi connectivity index (χ0v) is 16.6. The maximum atomic E-state index is 12.5. The van der Waals surface area contributed by atoms with Crippen LogP contribution in [0.1, 0.15) is 12.5 Å². The van der Waals surface area contributed by atoms with E-state index in [0.717, 1.165) is 12.1 Å². The van der Waals surface area contributed by atoms with E-state index in [2.05, 4.69) is 5.10 Å². The first kappa shape index (κ1) is 20.4. The molecule has 9 heteroatoms. The number of hydrogen-bond acceptors (Lipinski definition) is 8. The molecule has 1 aromatic heterocycles. The molecule has 0 spiro atoms. The maximum absolute atomic E-state index is 12.5. The third-order valence-corrected chi connectivity index (χ3v) is 4.39. The minimum Gasteiger partial charge on any atom is -0.487 e. The van der Waals surface area contributed by atoms with Crippen molar-refractivity contribution < 1.29 is 28.5 Å². The summed E-state index contributed by atoms with van der Waals surface area (Å²) in [7, 11) is 2.50. The van der Waals surface area contributed by atoms with Crippen LogP contribution in [0.5, 0.6) is 5.75 Å². The Morgan fingerprint density at radius 2 is 1.93 bits per heavy atom. The molecular formula is C20H23N3O6. The van der Waals surface area contributed by atoms with Gasteiger partial charge >= 0.3 is 11.9 Å². The number of aromatic nitrogens is 2. The molecule has 154 valence electrons. The van der Waals surface area contributed by atoms with Crippen molar-refractivity contribution in [3.63, 3.8) is 0 Å². The zero-order valence-electron chi connectivity index (χ0n) is 16.6. The molecule has 3 rings (SSSR count). The molecule has 0 unspecified atom stereocenters. The van der Waals surface area contributed by atoms with Gasteiger partial charge < -0.3 is 23.8 Å². The number of benzene rings is 1. The molecule has 2 heterocycles. The number of esters is 2. The van der Waals surface area contributed by atoms with Crippen LogP contribution in [0.25, 0.3) is 0 Å². The van der Waals surface area contributed by atoms with E-state index in [0.29, 0.717) is 18.0 Å². The summed E-state index contributed by atoms with van der Waals surface area (Å²) in [5.74, 6) is -0.791. The zero-order chi connectivity index (χ0) is 20.8. The summed E-state index contributed by atoms with van der Waals surface area (Å²) in [5.41, 5.74) is 1.64. The van der Waals surface area contributed by atoms with E-state index in [9.17, 15) is 9.59 Å². The van der Waals surface area contributed by atoms with Crippen LogP contribution in [0.3, 0.4) is 0 Å². The Morgan fingerprint density at radius 3 is 2.62 bits per heavy atom. The lowest BCUT2D eigenvalue weighted by Crippen LogP contribution is -2.39. The van der Waals surface area contributed by atoms with Crippen LogP contribution in [-0.4, -0.2) is 49.3 Å². The van der Waals surface area contributed by atoms with Crippen molar-refractivity contribution in [1.29, 1.82) is 0 Å². The van der Waals surface area contributed by atoms with Gasteiger partial charge in [-0.25, -0.2) is 9.59 Å². The molecule has 9 nitrogen and oxygen atoms in total. The highest BCUT2D eigenvalue weighted by Crippen LogP contribution is 2.34. The summed E-state index contributed by atoms with van der Waals surface area (Å²) in [6.45, 7) is 3.08. The topological polar surface area (TPSA) is 92.1 Å². The van der Waals surface area contributed by atoms with Crippen LogP contribution >= 0.6 is 0 Å². The first-order valence-corrected chi connectivity index (χ1v) is 9.07. The van der Waals surface area contributed by atoms with Gasteiger partial charge in [-0.2, -0.15) is 5.10 Å². The molecule has 1 aromatic carbocycles. The number of anilines is 1. The van der Waals surface area contributed by atoms with Gasteiger partial charge in [-0.15, -0.1) is 0 Å². The number of rotatable bonds is 7.